The Morgan fingerprint density at radius 2 is 1.81 bits per heavy atom. The molecule has 0 atom stereocenters. The van der Waals surface area contributed by atoms with E-state index in [9.17, 15) is 39.6 Å². The van der Waals surface area contributed by atoms with Crippen LogP contribution in [0.5, 0.6) is 17.4 Å². The molecule has 0 saturated carbocycles. The summed E-state index contributed by atoms with van der Waals surface area (Å²) in [5, 5.41) is -0.497. The van der Waals surface area contributed by atoms with E-state index in [1.54, 1.807) is 0 Å². The number of halogens is 7. The van der Waals surface area contributed by atoms with Crippen LogP contribution in [0.1, 0.15) is 18.1 Å². The first-order valence-corrected chi connectivity index (χ1v) is 12.0. The number of carbonyl (C=O) groups excluding carboxylic acids is 1. The third-order valence-corrected chi connectivity index (χ3v) is 5.69. The highest BCUT2D eigenvalue weighted by Crippen LogP contribution is 2.37. The van der Waals surface area contributed by atoms with E-state index in [0.29, 0.717) is 12.3 Å². The molecule has 0 radical (unpaired) electrons. The number of hydrogen-bond donors (Lipinski definition) is 1. The van der Waals surface area contributed by atoms with Crippen molar-refractivity contribution in [3.63, 3.8) is 0 Å². The number of amides is 1. The molecule has 1 aromatic heterocycles. The first-order chi connectivity index (χ1) is 17.0. The van der Waals surface area contributed by atoms with Crippen LogP contribution in [-0.4, -0.2) is 51.6 Å². The van der Waals surface area contributed by atoms with Gasteiger partial charge in [0.2, 0.25) is 15.9 Å². The molecule has 204 valence electrons. The summed E-state index contributed by atoms with van der Waals surface area (Å²) in [5.41, 5.74) is -1.40. The lowest BCUT2D eigenvalue weighted by Crippen LogP contribution is -2.37. The molecule has 1 heterocycles. The van der Waals surface area contributed by atoms with Gasteiger partial charge < -0.3 is 14.2 Å². The zero-order chi connectivity index (χ0) is 28.0. The topological polar surface area (TPSA) is 104 Å². The molecule has 1 aromatic carbocycles. The number of rotatable bonds is 10. The summed E-state index contributed by atoms with van der Waals surface area (Å²) in [4.78, 5) is 15.8. The summed E-state index contributed by atoms with van der Waals surface area (Å²) in [6.07, 6.45) is -8.23. The number of carbonyl (C=O) groups is 1. The molecule has 0 saturated heterocycles. The molecule has 2 aromatic rings. The van der Waals surface area contributed by atoms with Crippen LogP contribution in [0.2, 0.25) is 5.02 Å². The second kappa shape index (κ2) is 12.0. The van der Waals surface area contributed by atoms with Crippen molar-refractivity contribution in [2.24, 2.45) is 0 Å². The van der Waals surface area contributed by atoms with Crippen LogP contribution in [0.15, 0.2) is 36.0 Å². The van der Waals surface area contributed by atoms with Crippen molar-refractivity contribution >= 4 is 33.6 Å². The number of nitrogens with zero attached hydrogens (tertiary/aromatic N) is 1. The van der Waals surface area contributed by atoms with Crippen molar-refractivity contribution in [1.82, 2.24) is 9.71 Å². The predicted molar refractivity (Wildman–Crippen MR) is 120 cm³/mol. The molecular weight excluding hydrogens is 558 g/mol. The number of alkyl halides is 6. The van der Waals surface area contributed by atoms with Crippen molar-refractivity contribution < 1.29 is 53.8 Å². The van der Waals surface area contributed by atoms with E-state index in [2.05, 4.69) is 4.98 Å². The fourth-order valence-electron chi connectivity index (χ4n) is 2.59. The molecule has 0 spiro atoms. The summed E-state index contributed by atoms with van der Waals surface area (Å²) in [5.74, 6) is -3.97. The molecule has 0 aliphatic rings. The maximum Gasteiger partial charge on any atom is 0.417 e. The third kappa shape index (κ3) is 9.74. The molecular formula is C21H19ClF6N2O6S. The third-order valence-electron chi connectivity index (χ3n) is 4.21. The number of sulfonamides is 1. The number of pyridine rings is 1. The summed E-state index contributed by atoms with van der Waals surface area (Å²) >= 11 is 5.89. The van der Waals surface area contributed by atoms with Crippen LogP contribution in [-0.2, 0) is 25.7 Å². The molecule has 0 aliphatic carbocycles. The van der Waals surface area contributed by atoms with Crippen molar-refractivity contribution in [1.29, 1.82) is 0 Å². The van der Waals surface area contributed by atoms with Gasteiger partial charge in [-0.25, -0.2) is 18.1 Å². The molecule has 0 bridgehead atoms. The van der Waals surface area contributed by atoms with Gasteiger partial charge in [-0.15, -0.1) is 0 Å². The molecule has 1 N–H and O–H groups in total. The Labute approximate surface area is 212 Å². The Bertz CT molecular complexity index is 1270. The summed E-state index contributed by atoms with van der Waals surface area (Å²) in [6, 6.07) is 4.63. The average molecular weight is 577 g/mol. The number of benzene rings is 1. The number of aromatic nitrogens is 1. The van der Waals surface area contributed by atoms with Crippen LogP contribution in [0.4, 0.5) is 26.3 Å². The Morgan fingerprint density at radius 1 is 1.14 bits per heavy atom. The lowest BCUT2D eigenvalue weighted by Gasteiger charge is -2.14. The van der Waals surface area contributed by atoms with Gasteiger partial charge in [0.05, 0.1) is 12.2 Å². The van der Waals surface area contributed by atoms with Crippen LogP contribution in [0, 0.1) is 0 Å². The minimum Gasteiger partial charge on any atom is -0.491 e. The van der Waals surface area contributed by atoms with E-state index in [-0.39, 0.29) is 35.8 Å². The maximum absolute atomic E-state index is 12.9. The van der Waals surface area contributed by atoms with E-state index in [1.807, 2.05) is 0 Å². The normalized spacial score (nSPS) is 12.8. The Balaban J connectivity index is 2.40. The summed E-state index contributed by atoms with van der Waals surface area (Å²) in [7, 11) is -3.59. The van der Waals surface area contributed by atoms with Crippen LogP contribution < -0.4 is 14.2 Å². The quantitative estimate of drug-likeness (QED) is 0.242. The van der Waals surface area contributed by atoms with Crippen molar-refractivity contribution in [3.8, 4) is 17.4 Å². The zero-order valence-electron chi connectivity index (χ0n) is 19.0. The zero-order valence-corrected chi connectivity index (χ0v) is 20.6. The van der Waals surface area contributed by atoms with Crippen molar-refractivity contribution in [2.45, 2.75) is 19.3 Å². The molecule has 37 heavy (non-hydrogen) atoms. The second-order valence-electron chi connectivity index (χ2n) is 7.28. The van der Waals surface area contributed by atoms with E-state index < -0.39 is 50.5 Å². The highest BCUT2D eigenvalue weighted by atomic mass is 35.5. The standard InChI is InChI=1S/C21H19ClF6N2O6S/c1-12(18(31)30-37(32,33)11-20(23,24)25)7-13-3-4-15(35-6-5-34-2)9-17(13)36-19-16(22)8-14(10-29-19)21(26,27)28/h3-4,7-10H,5-6,11H2,1-2H3,(H,30,31). The molecule has 0 unspecified atom stereocenters. The van der Waals surface area contributed by atoms with Gasteiger partial charge in [0.25, 0.3) is 5.91 Å². The van der Waals surface area contributed by atoms with Gasteiger partial charge in [0.15, 0.2) is 5.75 Å². The van der Waals surface area contributed by atoms with Gasteiger partial charge in [0.1, 0.15) is 23.1 Å². The van der Waals surface area contributed by atoms with Gasteiger partial charge >= 0.3 is 12.4 Å². The highest BCUT2D eigenvalue weighted by Gasteiger charge is 2.36. The number of hydrogen-bond acceptors (Lipinski definition) is 7. The van der Waals surface area contributed by atoms with Crippen LogP contribution in [0.25, 0.3) is 6.08 Å². The molecule has 1 amide bonds. The predicted octanol–water partition coefficient (Wildman–Crippen LogP) is 4.98. The fraction of sp³-hybridized carbons (Fsp3) is 0.333. The summed E-state index contributed by atoms with van der Waals surface area (Å²) < 4.78 is 116. The average Bonchev–Trinajstić information content (AvgIpc) is 2.74. The smallest absolute Gasteiger partial charge is 0.417 e. The number of nitrogens with one attached hydrogen (secondary N) is 1. The van der Waals surface area contributed by atoms with E-state index in [0.717, 1.165) is 13.0 Å². The van der Waals surface area contributed by atoms with Crippen molar-refractivity contribution in [3.05, 3.63) is 52.2 Å². The molecule has 2 rings (SSSR count). The SMILES string of the molecule is COCCOc1ccc(C=C(C)C(=O)NS(=O)(=O)CC(F)(F)F)c(Oc2ncc(C(F)(F)F)cc2Cl)c1. The van der Waals surface area contributed by atoms with Gasteiger partial charge in [0, 0.05) is 30.5 Å². The van der Waals surface area contributed by atoms with Crippen LogP contribution >= 0.6 is 11.6 Å². The maximum atomic E-state index is 12.9. The first kappa shape index (κ1) is 30.2. The van der Waals surface area contributed by atoms with Crippen molar-refractivity contribution in [2.75, 3.05) is 26.1 Å². The Morgan fingerprint density at radius 3 is 2.38 bits per heavy atom. The lowest BCUT2D eigenvalue weighted by molar-refractivity contribution is -0.137. The van der Waals surface area contributed by atoms with Gasteiger partial charge in [-0.05, 0) is 31.2 Å². The van der Waals surface area contributed by atoms with Gasteiger partial charge in [-0.2, -0.15) is 26.3 Å². The highest BCUT2D eigenvalue weighted by molar-refractivity contribution is 7.90. The Hall–Kier alpha value is -3.04. The molecule has 8 nitrogen and oxygen atoms in total. The second-order valence-corrected chi connectivity index (χ2v) is 9.41. The van der Waals surface area contributed by atoms with Crippen LogP contribution in [0.3, 0.4) is 0 Å². The fourth-order valence-corrected chi connectivity index (χ4v) is 3.74. The summed E-state index contributed by atoms with van der Waals surface area (Å²) in [6.45, 7) is 1.45. The minimum atomic E-state index is -5.07. The molecule has 0 aliphatic heterocycles. The monoisotopic (exact) mass is 576 g/mol. The van der Waals surface area contributed by atoms with E-state index in [4.69, 9.17) is 25.8 Å². The molecule has 0 fully saturated rings. The largest absolute Gasteiger partial charge is 0.491 e. The van der Waals surface area contributed by atoms with E-state index in [1.165, 1.54) is 30.0 Å². The first-order valence-electron chi connectivity index (χ1n) is 9.97. The molecule has 16 heteroatoms. The van der Waals surface area contributed by atoms with Gasteiger partial charge in [-0.3, -0.25) is 4.79 Å². The number of methoxy groups -OCH3 is 1. The van der Waals surface area contributed by atoms with Gasteiger partial charge in [-0.1, -0.05) is 11.6 Å². The Kier molecular flexibility index (Phi) is 9.79. The minimum absolute atomic E-state index is 0.0673. The van der Waals surface area contributed by atoms with E-state index >= 15 is 0 Å². The number of ether oxygens (including phenoxy) is 3. The lowest BCUT2D eigenvalue weighted by atomic mass is 10.1.